The number of alkyl halides is 3. The fourth-order valence-electron chi connectivity index (χ4n) is 6.10. The van der Waals surface area contributed by atoms with E-state index in [1.807, 2.05) is 22.9 Å². The molecule has 212 valence electrons. The number of hydrogen-bond donors (Lipinski definition) is 5. The number of pyridine rings is 1. The molecule has 0 spiro atoms. The molecule has 3 heterocycles. The summed E-state index contributed by atoms with van der Waals surface area (Å²) < 4.78 is 34.5. The van der Waals surface area contributed by atoms with Crippen LogP contribution in [0, 0.1) is 11.8 Å². The van der Waals surface area contributed by atoms with Crippen molar-refractivity contribution in [2.45, 2.75) is 49.6 Å². The highest BCUT2D eigenvalue weighted by molar-refractivity contribution is 9.10. The van der Waals surface area contributed by atoms with Gasteiger partial charge in [0.25, 0.3) is 0 Å². The molecule has 6 rings (SSSR count). The summed E-state index contributed by atoms with van der Waals surface area (Å²) in [6, 6.07) is 9.85. The second-order valence-corrected chi connectivity index (χ2v) is 11.1. The molecule has 4 aromatic rings. The van der Waals surface area contributed by atoms with Gasteiger partial charge in [-0.3, -0.25) is 0 Å². The number of aliphatic carboxylic acids is 1. The Balaban J connectivity index is 0.000000411. The fraction of sp³-hybridized carbons (Fsp3) is 0.385. The zero-order valence-corrected chi connectivity index (χ0v) is 22.5. The number of carboxylic acids is 1. The summed E-state index contributed by atoms with van der Waals surface area (Å²) in [7, 11) is 0. The van der Waals surface area contributed by atoms with Crippen LogP contribution in [0.1, 0.15) is 30.9 Å². The average molecular weight is 623 g/mol. The highest BCUT2D eigenvalue weighted by Crippen LogP contribution is 2.55. The number of fused-ring (bicyclic) bond motifs is 3. The van der Waals surface area contributed by atoms with E-state index in [-0.39, 0.29) is 17.9 Å². The number of aliphatic hydroxyl groups excluding tert-OH is 1. The van der Waals surface area contributed by atoms with Gasteiger partial charge < -0.3 is 31.4 Å². The maximum atomic E-state index is 11.5. The highest BCUT2D eigenvalue weighted by Gasteiger charge is 2.59. The third kappa shape index (κ3) is 4.95. The third-order valence-corrected chi connectivity index (χ3v) is 8.63. The van der Waals surface area contributed by atoms with Crippen LogP contribution in [0.5, 0.6) is 0 Å². The summed E-state index contributed by atoms with van der Waals surface area (Å²) in [5, 5.41) is 31.7. The number of halogens is 4. The summed E-state index contributed by atoms with van der Waals surface area (Å²) >= 11 is 3.43. The van der Waals surface area contributed by atoms with E-state index in [9.17, 15) is 23.4 Å². The average Bonchev–Trinajstić information content (AvgIpc) is 3.52. The molecular weight excluding hydrogens is 597 g/mol. The first-order chi connectivity index (χ1) is 18.8. The molecular formula is C26H26BrF3N6O4. The Kier molecular flexibility index (Phi) is 7.13. The van der Waals surface area contributed by atoms with Gasteiger partial charge >= 0.3 is 12.1 Å². The number of benzene rings is 1. The van der Waals surface area contributed by atoms with Gasteiger partial charge in [-0.15, -0.1) is 0 Å². The van der Waals surface area contributed by atoms with Gasteiger partial charge in [0, 0.05) is 11.6 Å². The second kappa shape index (κ2) is 10.2. The maximum absolute atomic E-state index is 11.5. The van der Waals surface area contributed by atoms with Gasteiger partial charge in [0.15, 0.2) is 0 Å². The van der Waals surface area contributed by atoms with E-state index < -0.39 is 23.9 Å². The normalized spacial score (nSPS) is 26.1. The van der Waals surface area contributed by atoms with Crippen LogP contribution in [0.25, 0.3) is 21.9 Å². The van der Waals surface area contributed by atoms with Crippen molar-refractivity contribution >= 4 is 55.5 Å². The Morgan fingerprint density at radius 3 is 2.60 bits per heavy atom. The lowest BCUT2D eigenvalue weighted by Gasteiger charge is -2.29. The number of anilines is 2. The van der Waals surface area contributed by atoms with E-state index in [1.165, 1.54) is 6.33 Å². The van der Waals surface area contributed by atoms with E-state index in [1.54, 1.807) is 0 Å². The molecule has 5 atom stereocenters. The van der Waals surface area contributed by atoms with E-state index in [0.717, 1.165) is 39.2 Å². The molecule has 7 N–H and O–H groups in total. The topological polar surface area (TPSA) is 173 Å². The predicted molar refractivity (Wildman–Crippen MR) is 144 cm³/mol. The molecule has 10 nitrogen and oxygen atoms in total. The van der Waals surface area contributed by atoms with Crippen LogP contribution < -0.4 is 11.5 Å². The first-order valence-corrected chi connectivity index (χ1v) is 13.2. The number of carbonyl (C=O) groups is 1. The summed E-state index contributed by atoms with van der Waals surface area (Å²) in [6.07, 6.45) is 0.342. The number of aliphatic hydroxyl groups is 2. The third-order valence-electron chi connectivity index (χ3n) is 8.00. The molecule has 0 amide bonds. The van der Waals surface area contributed by atoms with Crippen LogP contribution >= 0.6 is 15.9 Å². The molecule has 2 saturated carbocycles. The lowest BCUT2D eigenvalue weighted by atomic mass is 9.84. The first-order valence-electron chi connectivity index (χ1n) is 12.4. The lowest BCUT2D eigenvalue weighted by molar-refractivity contribution is -0.192. The molecule has 0 bridgehead atoms. The SMILES string of the molecule is Nc1nc2cc(C[C@@H]3CC[C@@]4(O)[C@@H]3C[C@@H](n3ccc5c(N)ncnc53)[C@@H]4O)ccc2cc1Br.O=C(O)C(F)(F)F. The van der Waals surface area contributed by atoms with Crippen LogP contribution in [0.15, 0.2) is 47.3 Å². The Hall–Kier alpha value is -3.49. The number of nitrogens with zero attached hydrogens (tertiary/aromatic N) is 4. The summed E-state index contributed by atoms with van der Waals surface area (Å²) in [6.45, 7) is 0. The van der Waals surface area contributed by atoms with Gasteiger partial charge in [-0.2, -0.15) is 13.2 Å². The minimum atomic E-state index is -5.08. The molecule has 0 saturated heterocycles. The van der Waals surface area contributed by atoms with E-state index in [2.05, 4.69) is 49.1 Å². The van der Waals surface area contributed by atoms with Crippen molar-refractivity contribution in [2.75, 3.05) is 11.5 Å². The minimum absolute atomic E-state index is 0.00669. The van der Waals surface area contributed by atoms with Crippen molar-refractivity contribution in [2.24, 2.45) is 11.8 Å². The number of nitrogens with two attached hydrogens (primary N) is 2. The molecule has 14 heteroatoms. The molecule has 3 aromatic heterocycles. The molecule has 2 aliphatic rings. The summed E-state index contributed by atoms with van der Waals surface area (Å²) in [4.78, 5) is 21.8. The van der Waals surface area contributed by atoms with Crippen molar-refractivity contribution < 1.29 is 33.3 Å². The Morgan fingerprint density at radius 2 is 1.90 bits per heavy atom. The van der Waals surface area contributed by atoms with Crippen LogP contribution in [0.4, 0.5) is 24.8 Å². The Labute approximate surface area is 234 Å². The van der Waals surface area contributed by atoms with E-state index >= 15 is 0 Å². The summed E-state index contributed by atoms with van der Waals surface area (Å²) in [5.74, 6) is -1.61. The first kappa shape index (κ1) is 28.1. The number of carboxylic acid groups (broad SMARTS) is 1. The summed E-state index contributed by atoms with van der Waals surface area (Å²) in [5.41, 5.74) is 13.6. The molecule has 0 aliphatic heterocycles. The zero-order valence-electron chi connectivity index (χ0n) is 20.9. The van der Waals surface area contributed by atoms with Crippen molar-refractivity contribution in [3.63, 3.8) is 0 Å². The number of rotatable bonds is 3. The van der Waals surface area contributed by atoms with Gasteiger partial charge in [-0.1, -0.05) is 12.1 Å². The smallest absolute Gasteiger partial charge is 0.475 e. The van der Waals surface area contributed by atoms with Gasteiger partial charge in [-0.25, -0.2) is 19.7 Å². The standard InChI is InChI=1S/C24H25BrN6O2.C2HF3O2/c25-17-9-14-2-1-12(8-18(14)30-22(17)27)7-13-3-5-24(33)16(13)10-19(20(24)32)31-6-4-15-21(26)28-11-29-23(15)31;3-2(4,5)1(6)7/h1-2,4,6,8-9,11,13,16,19-20,32-33H,3,5,7,10H2,(H2,27,30)(H2,26,28,29);(H,6,7)/t13-,16+,19+,20-,24+;/m0./s1. The lowest BCUT2D eigenvalue weighted by Crippen LogP contribution is -2.42. The van der Waals surface area contributed by atoms with Gasteiger partial charge in [0.05, 0.1) is 27.0 Å². The monoisotopic (exact) mass is 622 g/mol. The molecule has 2 aliphatic carbocycles. The van der Waals surface area contributed by atoms with Crippen LogP contribution in [-0.2, 0) is 11.2 Å². The largest absolute Gasteiger partial charge is 0.490 e. The highest BCUT2D eigenvalue weighted by atomic mass is 79.9. The Bertz CT molecular complexity index is 1600. The minimum Gasteiger partial charge on any atom is -0.475 e. The van der Waals surface area contributed by atoms with Crippen LogP contribution in [-0.4, -0.2) is 58.7 Å². The molecule has 0 unspecified atom stereocenters. The zero-order chi connectivity index (χ0) is 29.0. The van der Waals surface area contributed by atoms with Crippen molar-refractivity contribution in [3.05, 3.63) is 52.9 Å². The molecule has 2 fully saturated rings. The van der Waals surface area contributed by atoms with Crippen molar-refractivity contribution in [1.29, 1.82) is 0 Å². The molecule has 1 aromatic carbocycles. The molecule has 40 heavy (non-hydrogen) atoms. The van der Waals surface area contributed by atoms with Gasteiger partial charge in [-0.05, 0) is 77.2 Å². The Morgan fingerprint density at radius 1 is 1.18 bits per heavy atom. The quantitative estimate of drug-likeness (QED) is 0.227. The van der Waals surface area contributed by atoms with Crippen LogP contribution in [0.3, 0.4) is 0 Å². The second-order valence-electron chi connectivity index (χ2n) is 10.3. The predicted octanol–water partition coefficient (Wildman–Crippen LogP) is 3.85. The number of aromatic nitrogens is 4. The number of nitrogen functional groups attached to an aromatic ring is 2. The number of hydrogen-bond acceptors (Lipinski definition) is 8. The van der Waals surface area contributed by atoms with Crippen molar-refractivity contribution in [3.8, 4) is 0 Å². The van der Waals surface area contributed by atoms with E-state index in [4.69, 9.17) is 21.4 Å². The van der Waals surface area contributed by atoms with Gasteiger partial charge in [0.2, 0.25) is 0 Å². The molecule has 0 radical (unpaired) electrons. The van der Waals surface area contributed by atoms with Crippen molar-refractivity contribution in [1.82, 2.24) is 19.5 Å². The maximum Gasteiger partial charge on any atom is 0.490 e. The fourth-order valence-corrected chi connectivity index (χ4v) is 6.43. The van der Waals surface area contributed by atoms with Crippen LogP contribution in [0.2, 0.25) is 0 Å². The van der Waals surface area contributed by atoms with E-state index in [0.29, 0.717) is 30.1 Å². The van der Waals surface area contributed by atoms with Gasteiger partial charge in [0.1, 0.15) is 29.7 Å².